The predicted octanol–water partition coefficient (Wildman–Crippen LogP) is 3.59. The third-order valence-corrected chi connectivity index (χ3v) is 5.15. The summed E-state index contributed by atoms with van der Waals surface area (Å²) < 4.78 is 10.8. The lowest BCUT2D eigenvalue weighted by Crippen LogP contribution is -2.42. The summed E-state index contributed by atoms with van der Waals surface area (Å²) in [5.74, 6) is 0.637. The van der Waals surface area contributed by atoms with Crippen LogP contribution in [0.5, 0.6) is 23.0 Å². The van der Waals surface area contributed by atoms with Gasteiger partial charge in [-0.3, -0.25) is 4.79 Å². The Hall–Kier alpha value is -3.87. The van der Waals surface area contributed by atoms with Crippen LogP contribution in [0.1, 0.15) is 27.7 Å². The molecule has 0 aliphatic carbocycles. The molecule has 3 aromatic carbocycles. The summed E-state index contributed by atoms with van der Waals surface area (Å²) >= 11 is 0. The number of nitrogens with one attached hydrogen (secondary N) is 1. The Morgan fingerprint density at radius 3 is 2.72 bits per heavy atom. The Kier molecular flexibility index (Phi) is 3.94. The molecule has 3 aromatic rings. The molecule has 7 heteroatoms. The molecule has 2 aliphatic rings. The summed E-state index contributed by atoms with van der Waals surface area (Å²) in [5.41, 5.74) is 2.48. The quantitative estimate of drug-likeness (QED) is 0.592. The molecule has 1 atom stereocenters. The van der Waals surface area contributed by atoms with Crippen molar-refractivity contribution < 1.29 is 24.5 Å². The molecule has 1 amide bonds. The highest BCUT2D eigenvalue weighted by Gasteiger charge is 2.34. The molecule has 0 saturated carbocycles. The highest BCUT2D eigenvalue weighted by atomic mass is 16.7. The summed E-state index contributed by atoms with van der Waals surface area (Å²) in [5, 5.41) is 23.7. The molecule has 0 unspecified atom stereocenters. The zero-order chi connectivity index (χ0) is 20.0. The maximum Gasteiger partial charge on any atom is 0.258 e. The molecular formula is C22H18N2O5. The minimum Gasteiger partial charge on any atom is -0.504 e. The number of para-hydroxylation sites is 2. The molecule has 146 valence electrons. The van der Waals surface area contributed by atoms with Gasteiger partial charge in [-0.15, -0.1) is 0 Å². The fraction of sp³-hybridized carbons (Fsp3) is 0.136. The Morgan fingerprint density at radius 1 is 1.00 bits per heavy atom. The number of carbonyl (C=O) groups excluding carboxylic acids is 1. The molecule has 7 nitrogen and oxygen atoms in total. The van der Waals surface area contributed by atoms with E-state index in [0.29, 0.717) is 28.3 Å². The number of anilines is 1. The van der Waals surface area contributed by atoms with Gasteiger partial charge in [0, 0.05) is 17.8 Å². The highest BCUT2D eigenvalue weighted by molar-refractivity contribution is 6.01. The molecule has 29 heavy (non-hydrogen) atoms. The van der Waals surface area contributed by atoms with Crippen LogP contribution in [0.15, 0.2) is 60.7 Å². The van der Waals surface area contributed by atoms with Gasteiger partial charge in [0.25, 0.3) is 5.91 Å². The number of phenolic OH excluding ortho intramolecular Hbond substituents is 2. The van der Waals surface area contributed by atoms with Gasteiger partial charge in [-0.2, -0.15) is 0 Å². The van der Waals surface area contributed by atoms with Crippen molar-refractivity contribution in [3.8, 4) is 23.0 Å². The first kappa shape index (κ1) is 17.2. The average molecular weight is 390 g/mol. The lowest BCUT2D eigenvalue weighted by Gasteiger charge is -2.38. The van der Waals surface area contributed by atoms with Crippen molar-refractivity contribution in [3.63, 3.8) is 0 Å². The molecule has 5 rings (SSSR count). The van der Waals surface area contributed by atoms with E-state index in [2.05, 4.69) is 5.32 Å². The molecular weight excluding hydrogens is 372 g/mol. The smallest absolute Gasteiger partial charge is 0.258 e. The van der Waals surface area contributed by atoms with E-state index in [1.807, 2.05) is 36.4 Å². The highest BCUT2D eigenvalue weighted by Crippen LogP contribution is 2.41. The number of ether oxygens (including phenoxy) is 2. The van der Waals surface area contributed by atoms with E-state index in [4.69, 9.17) is 9.47 Å². The van der Waals surface area contributed by atoms with Gasteiger partial charge in [0.15, 0.2) is 23.0 Å². The van der Waals surface area contributed by atoms with Crippen molar-refractivity contribution in [2.45, 2.75) is 12.7 Å². The topological polar surface area (TPSA) is 91.3 Å². The molecule has 0 saturated heterocycles. The molecule has 0 spiro atoms. The normalized spacial score (nSPS) is 17.0. The van der Waals surface area contributed by atoms with E-state index in [1.54, 1.807) is 23.1 Å². The number of fused-ring (bicyclic) bond motifs is 2. The van der Waals surface area contributed by atoms with Crippen molar-refractivity contribution in [3.05, 3.63) is 77.4 Å². The minimum atomic E-state index is -0.657. The van der Waals surface area contributed by atoms with Gasteiger partial charge in [0.1, 0.15) is 6.17 Å². The lowest BCUT2D eigenvalue weighted by molar-refractivity contribution is 0.0664. The first-order valence-electron chi connectivity index (χ1n) is 9.18. The second-order valence-corrected chi connectivity index (χ2v) is 6.93. The minimum absolute atomic E-state index is 0.176. The number of aromatic hydroxyl groups is 2. The Balaban J connectivity index is 1.57. The van der Waals surface area contributed by atoms with E-state index in [0.717, 1.165) is 5.56 Å². The van der Waals surface area contributed by atoms with Gasteiger partial charge in [-0.25, -0.2) is 0 Å². The standard InChI is InChI=1S/C22H18N2O5/c25-17-7-3-5-15(20(17)26)21-23-16-6-2-1-4-14(16)22(27)24(21)11-13-8-9-18-19(10-13)29-12-28-18/h1-10,21,23,25-26H,11-12H2/t21-/m1/s1. The van der Waals surface area contributed by atoms with E-state index >= 15 is 0 Å². The zero-order valence-corrected chi connectivity index (χ0v) is 15.3. The monoisotopic (exact) mass is 390 g/mol. The van der Waals surface area contributed by atoms with Crippen LogP contribution in [0.4, 0.5) is 5.69 Å². The van der Waals surface area contributed by atoms with E-state index < -0.39 is 6.17 Å². The van der Waals surface area contributed by atoms with Gasteiger partial charge in [0.05, 0.1) is 5.56 Å². The molecule has 0 radical (unpaired) electrons. The van der Waals surface area contributed by atoms with Crippen molar-refractivity contribution in [2.75, 3.05) is 12.1 Å². The second-order valence-electron chi connectivity index (χ2n) is 6.93. The van der Waals surface area contributed by atoms with Crippen LogP contribution in [0, 0.1) is 0 Å². The molecule has 3 N–H and O–H groups in total. The van der Waals surface area contributed by atoms with Gasteiger partial charge >= 0.3 is 0 Å². The van der Waals surface area contributed by atoms with Crippen LogP contribution in [0.25, 0.3) is 0 Å². The van der Waals surface area contributed by atoms with E-state index in [1.165, 1.54) is 6.07 Å². The van der Waals surface area contributed by atoms with Crippen molar-refractivity contribution in [1.82, 2.24) is 4.90 Å². The number of benzene rings is 3. The van der Waals surface area contributed by atoms with Crippen molar-refractivity contribution in [1.29, 1.82) is 0 Å². The summed E-state index contributed by atoms with van der Waals surface area (Å²) in [4.78, 5) is 14.9. The van der Waals surface area contributed by atoms with Crippen LogP contribution in [0.2, 0.25) is 0 Å². The summed E-state index contributed by atoms with van der Waals surface area (Å²) in [6.45, 7) is 0.451. The predicted molar refractivity (Wildman–Crippen MR) is 105 cm³/mol. The number of hydrogen-bond donors (Lipinski definition) is 3. The fourth-order valence-electron chi connectivity index (χ4n) is 3.71. The SMILES string of the molecule is O=C1c2ccccc2N[C@@H](c2cccc(O)c2O)N1Cc1ccc2c(c1)OCO2. The molecule has 0 fully saturated rings. The Labute approximate surface area is 166 Å². The van der Waals surface area contributed by atoms with E-state index in [-0.39, 0.29) is 30.7 Å². The van der Waals surface area contributed by atoms with Crippen LogP contribution in [-0.4, -0.2) is 27.8 Å². The molecule has 2 aliphatic heterocycles. The molecule has 0 aromatic heterocycles. The maximum atomic E-state index is 13.3. The zero-order valence-electron chi connectivity index (χ0n) is 15.3. The van der Waals surface area contributed by atoms with Gasteiger partial charge < -0.3 is 29.9 Å². The van der Waals surface area contributed by atoms with Crippen molar-refractivity contribution >= 4 is 11.6 Å². The average Bonchev–Trinajstić information content (AvgIpc) is 3.20. The van der Waals surface area contributed by atoms with Gasteiger partial charge in [0.2, 0.25) is 6.79 Å². The van der Waals surface area contributed by atoms with Gasteiger partial charge in [-0.1, -0.05) is 30.3 Å². The number of hydrogen-bond acceptors (Lipinski definition) is 6. The second kappa shape index (κ2) is 6.63. The van der Waals surface area contributed by atoms with Crippen LogP contribution >= 0.6 is 0 Å². The van der Waals surface area contributed by atoms with Gasteiger partial charge in [-0.05, 0) is 35.9 Å². The number of nitrogens with zero attached hydrogens (tertiary/aromatic N) is 1. The van der Waals surface area contributed by atoms with E-state index in [9.17, 15) is 15.0 Å². The first-order chi connectivity index (χ1) is 14.1. The number of carbonyl (C=O) groups is 1. The van der Waals surface area contributed by atoms with Crippen LogP contribution in [-0.2, 0) is 6.54 Å². The van der Waals surface area contributed by atoms with Crippen molar-refractivity contribution in [2.24, 2.45) is 0 Å². The Morgan fingerprint density at radius 2 is 1.83 bits per heavy atom. The molecule has 2 heterocycles. The third kappa shape index (κ3) is 2.87. The number of phenols is 2. The lowest BCUT2D eigenvalue weighted by atomic mass is 10.0. The summed E-state index contributed by atoms with van der Waals surface area (Å²) in [6, 6.07) is 17.5. The summed E-state index contributed by atoms with van der Waals surface area (Å²) in [7, 11) is 0. The maximum absolute atomic E-state index is 13.3. The number of amides is 1. The van der Waals surface area contributed by atoms with Crippen LogP contribution in [0.3, 0.4) is 0 Å². The van der Waals surface area contributed by atoms with Crippen LogP contribution < -0.4 is 14.8 Å². The molecule has 0 bridgehead atoms. The number of rotatable bonds is 3. The third-order valence-electron chi connectivity index (χ3n) is 5.15. The largest absolute Gasteiger partial charge is 0.504 e. The first-order valence-corrected chi connectivity index (χ1v) is 9.18. The Bertz CT molecular complexity index is 1110. The fourth-order valence-corrected chi connectivity index (χ4v) is 3.71. The summed E-state index contributed by atoms with van der Waals surface area (Å²) in [6.07, 6.45) is -0.657.